The van der Waals surface area contributed by atoms with E-state index in [0.717, 1.165) is 6.07 Å². The van der Waals surface area contributed by atoms with E-state index < -0.39 is 24.3 Å². The molecule has 0 aliphatic rings. The summed E-state index contributed by atoms with van der Waals surface area (Å²) in [5.74, 6) is -0.565. The molecule has 0 spiro atoms. The second kappa shape index (κ2) is 3.93. The summed E-state index contributed by atoms with van der Waals surface area (Å²) in [6.07, 6.45) is -4.85. The fourth-order valence-electron chi connectivity index (χ4n) is 1.11. The highest BCUT2D eigenvalue weighted by Gasteiger charge is 2.33. The number of aliphatic hydroxyl groups excluding tert-OH is 1. The molecule has 0 bridgehead atoms. The zero-order chi connectivity index (χ0) is 11.6. The Kier molecular flexibility index (Phi) is 3.04. The predicted molar refractivity (Wildman–Crippen MR) is 44.4 cm³/mol. The van der Waals surface area contributed by atoms with Crippen molar-refractivity contribution in [3.8, 4) is 5.75 Å². The molecule has 0 aliphatic carbocycles. The molecule has 0 radical (unpaired) electrons. The van der Waals surface area contributed by atoms with Crippen LogP contribution < -0.4 is 10.3 Å². The second-order valence-corrected chi connectivity index (χ2v) is 2.83. The Balaban J connectivity index is 3.21. The van der Waals surface area contributed by atoms with Crippen LogP contribution in [-0.4, -0.2) is 16.5 Å². The third kappa shape index (κ3) is 2.98. The Morgan fingerprint density at radius 3 is 2.60 bits per heavy atom. The number of ether oxygens (including phenoxy) is 1. The number of H-pyrrole nitrogens is 1. The standard InChI is InChI=1S/C8H8F3NO3/c1-4-2-6(14)12-5(3-13)7(4)15-8(9,10)11/h2,13H,3H2,1H3,(H,12,14). The lowest BCUT2D eigenvalue weighted by atomic mass is 10.2. The molecule has 0 aliphatic heterocycles. The van der Waals surface area contributed by atoms with Crippen LogP contribution in [0, 0.1) is 6.92 Å². The summed E-state index contributed by atoms with van der Waals surface area (Å²) in [4.78, 5) is 12.9. The Morgan fingerprint density at radius 1 is 1.53 bits per heavy atom. The van der Waals surface area contributed by atoms with Crippen LogP contribution in [0.1, 0.15) is 11.3 Å². The van der Waals surface area contributed by atoms with Gasteiger partial charge in [-0.25, -0.2) is 0 Å². The van der Waals surface area contributed by atoms with Crippen molar-refractivity contribution in [2.24, 2.45) is 0 Å². The number of pyridine rings is 1. The molecule has 0 amide bonds. The van der Waals surface area contributed by atoms with Crippen LogP contribution in [0.3, 0.4) is 0 Å². The lowest BCUT2D eigenvalue weighted by Gasteiger charge is -2.13. The van der Waals surface area contributed by atoms with Crippen molar-refractivity contribution in [3.05, 3.63) is 27.7 Å². The van der Waals surface area contributed by atoms with Gasteiger partial charge in [-0.2, -0.15) is 0 Å². The number of alkyl halides is 3. The first-order valence-electron chi connectivity index (χ1n) is 3.93. The topological polar surface area (TPSA) is 62.3 Å². The summed E-state index contributed by atoms with van der Waals surface area (Å²) in [7, 11) is 0. The lowest BCUT2D eigenvalue weighted by molar-refractivity contribution is -0.275. The number of nitrogens with one attached hydrogen (secondary N) is 1. The molecule has 0 aromatic carbocycles. The van der Waals surface area contributed by atoms with Gasteiger partial charge < -0.3 is 14.8 Å². The van der Waals surface area contributed by atoms with E-state index in [-0.39, 0.29) is 11.3 Å². The first kappa shape index (κ1) is 11.6. The van der Waals surface area contributed by atoms with E-state index in [1.165, 1.54) is 6.92 Å². The number of aromatic nitrogens is 1. The number of halogens is 3. The minimum absolute atomic E-state index is 0.0140. The molecular formula is C8H8F3NO3. The van der Waals surface area contributed by atoms with E-state index in [2.05, 4.69) is 9.72 Å². The van der Waals surface area contributed by atoms with Crippen molar-refractivity contribution in [1.29, 1.82) is 0 Å². The number of rotatable bonds is 2. The predicted octanol–water partition coefficient (Wildman–Crippen LogP) is 1.07. The zero-order valence-electron chi connectivity index (χ0n) is 7.68. The molecule has 84 valence electrons. The quantitative estimate of drug-likeness (QED) is 0.788. The molecule has 7 heteroatoms. The monoisotopic (exact) mass is 223 g/mol. The van der Waals surface area contributed by atoms with Crippen LogP contribution in [0.15, 0.2) is 10.9 Å². The fourth-order valence-corrected chi connectivity index (χ4v) is 1.11. The summed E-state index contributed by atoms with van der Waals surface area (Å²) in [6.45, 7) is 0.553. The average molecular weight is 223 g/mol. The van der Waals surface area contributed by atoms with Gasteiger partial charge in [-0.05, 0) is 12.5 Å². The number of aryl methyl sites for hydroxylation is 1. The number of hydrogen-bond acceptors (Lipinski definition) is 3. The van der Waals surface area contributed by atoms with Crippen molar-refractivity contribution >= 4 is 0 Å². The smallest absolute Gasteiger partial charge is 0.404 e. The third-order valence-electron chi connectivity index (χ3n) is 1.63. The van der Waals surface area contributed by atoms with E-state index in [9.17, 15) is 18.0 Å². The summed E-state index contributed by atoms with van der Waals surface area (Å²) in [5.41, 5.74) is -0.872. The third-order valence-corrected chi connectivity index (χ3v) is 1.63. The van der Waals surface area contributed by atoms with Crippen LogP contribution in [0.2, 0.25) is 0 Å². The zero-order valence-corrected chi connectivity index (χ0v) is 7.68. The van der Waals surface area contributed by atoms with Gasteiger partial charge in [0.1, 0.15) is 0 Å². The largest absolute Gasteiger partial charge is 0.573 e. The highest BCUT2D eigenvalue weighted by atomic mass is 19.4. The molecule has 1 heterocycles. The van der Waals surface area contributed by atoms with Gasteiger partial charge in [0, 0.05) is 6.07 Å². The van der Waals surface area contributed by atoms with Crippen LogP contribution in [0.4, 0.5) is 13.2 Å². The van der Waals surface area contributed by atoms with Gasteiger partial charge in [0.05, 0.1) is 12.3 Å². The van der Waals surface area contributed by atoms with Crippen molar-refractivity contribution in [2.75, 3.05) is 0 Å². The molecule has 0 fully saturated rings. The molecule has 0 unspecified atom stereocenters. The summed E-state index contributed by atoms with van der Waals surface area (Å²) < 4.78 is 39.5. The van der Waals surface area contributed by atoms with Crippen molar-refractivity contribution < 1.29 is 23.0 Å². The maximum Gasteiger partial charge on any atom is 0.573 e. The molecule has 0 saturated heterocycles. The van der Waals surface area contributed by atoms with Gasteiger partial charge in [0.25, 0.3) is 0 Å². The molecule has 1 rings (SSSR count). The van der Waals surface area contributed by atoms with Gasteiger partial charge in [-0.3, -0.25) is 4.79 Å². The fraction of sp³-hybridized carbons (Fsp3) is 0.375. The van der Waals surface area contributed by atoms with Crippen LogP contribution in [-0.2, 0) is 6.61 Å². The van der Waals surface area contributed by atoms with E-state index in [0.29, 0.717) is 0 Å². The molecule has 0 saturated carbocycles. The molecule has 1 aromatic rings. The van der Waals surface area contributed by atoms with Crippen LogP contribution in [0.25, 0.3) is 0 Å². The van der Waals surface area contributed by atoms with Crippen molar-refractivity contribution in [1.82, 2.24) is 4.98 Å². The summed E-state index contributed by atoms with van der Waals surface area (Å²) in [5, 5.41) is 8.75. The summed E-state index contributed by atoms with van der Waals surface area (Å²) >= 11 is 0. The normalized spacial score (nSPS) is 11.5. The number of hydrogen-bond donors (Lipinski definition) is 2. The van der Waals surface area contributed by atoms with E-state index in [1.807, 2.05) is 0 Å². The van der Waals surface area contributed by atoms with Gasteiger partial charge >= 0.3 is 6.36 Å². The molecule has 4 nitrogen and oxygen atoms in total. The van der Waals surface area contributed by atoms with Gasteiger partial charge in [-0.15, -0.1) is 13.2 Å². The minimum Gasteiger partial charge on any atom is -0.404 e. The Labute approximate surface area is 82.3 Å². The molecule has 1 aromatic heterocycles. The second-order valence-electron chi connectivity index (χ2n) is 2.83. The minimum atomic E-state index is -4.85. The Morgan fingerprint density at radius 2 is 2.13 bits per heavy atom. The van der Waals surface area contributed by atoms with Crippen molar-refractivity contribution in [2.45, 2.75) is 19.9 Å². The van der Waals surface area contributed by atoms with E-state index in [4.69, 9.17) is 5.11 Å². The van der Waals surface area contributed by atoms with Gasteiger partial charge in [-0.1, -0.05) is 0 Å². The molecule has 2 N–H and O–H groups in total. The van der Waals surface area contributed by atoms with Crippen molar-refractivity contribution in [3.63, 3.8) is 0 Å². The highest BCUT2D eigenvalue weighted by Crippen LogP contribution is 2.27. The van der Waals surface area contributed by atoms with E-state index >= 15 is 0 Å². The molecule has 0 atom stereocenters. The number of aliphatic hydroxyl groups is 1. The van der Waals surface area contributed by atoms with Crippen LogP contribution >= 0.6 is 0 Å². The summed E-state index contributed by atoms with van der Waals surface area (Å²) in [6, 6.07) is 0.959. The number of aromatic amines is 1. The highest BCUT2D eigenvalue weighted by molar-refractivity contribution is 5.35. The maximum absolute atomic E-state index is 11.9. The van der Waals surface area contributed by atoms with Crippen LogP contribution in [0.5, 0.6) is 5.75 Å². The van der Waals surface area contributed by atoms with Gasteiger partial charge in [0.2, 0.25) is 5.56 Å². The molecular weight excluding hydrogens is 215 g/mol. The Bertz CT molecular complexity index is 411. The van der Waals surface area contributed by atoms with Gasteiger partial charge in [0.15, 0.2) is 5.75 Å². The molecule has 15 heavy (non-hydrogen) atoms. The Hall–Kier alpha value is -1.50. The average Bonchev–Trinajstić information content (AvgIpc) is 2.07. The maximum atomic E-state index is 11.9. The lowest BCUT2D eigenvalue weighted by Crippen LogP contribution is -2.21. The first-order chi connectivity index (χ1) is 6.83. The SMILES string of the molecule is Cc1cc(=O)[nH]c(CO)c1OC(F)(F)F. The first-order valence-corrected chi connectivity index (χ1v) is 3.93. The van der Waals surface area contributed by atoms with E-state index in [1.54, 1.807) is 0 Å².